The van der Waals surface area contributed by atoms with Gasteiger partial charge in [-0.2, -0.15) is 5.10 Å². The molecule has 0 spiro atoms. The zero-order valence-electron chi connectivity index (χ0n) is 8.23. The molecule has 0 saturated heterocycles. The van der Waals surface area contributed by atoms with E-state index in [4.69, 9.17) is 0 Å². The maximum absolute atomic E-state index is 11.3. The van der Waals surface area contributed by atoms with Crippen molar-refractivity contribution in [3.63, 3.8) is 0 Å². The number of rotatable bonds is 2. The van der Waals surface area contributed by atoms with Crippen molar-refractivity contribution in [1.82, 2.24) is 10.2 Å². The van der Waals surface area contributed by atoms with Crippen LogP contribution in [0.2, 0.25) is 0 Å². The number of aromatic amines is 1. The number of esters is 1. The first-order valence-electron chi connectivity index (χ1n) is 4.50. The summed E-state index contributed by atoms with van der Waals surface area (Å²) in [4.78, 5) is 11.3. The van der Waals surface area contributed by atoms with Crippen molar-refractivity contribution in [1.29, 1.82) is 0 Å². The zero-order valence-corrected chi connectivity index (χ0v) is 8.23. The Morgan fingerprint density at radius 2 is 2.27 bits per heavy atom. The number of hydrogen-bond donors (Lipinski definition) is 1. The Morgan fingerprint density at radius 3 is 2.93 bits per heavy atom. The van der Waals surface area contributed by atoms with E-state index < -0.39 is 0 Å². The number of ether oxygens (including phenoxy) is 1. The first kappa shape index (κ1) is 9.45. The fourth-order valence-corrected chi connectivity index (χ4v) is 1.34. The molecule has 0 saturated carbocycles. The molecule has 0 radical (unpaired) electrons. The fourth-order valence-electron chi connectivity index (χ4n) is 1.34. The minimum atomic E-state index is -0.340. The Morgan fingerprint density at radius 1 is 1.40 bits per heavy atom. The molecule has 0 aliphatic rings. The van der Waals surface area contributed by atoms with Gasteiger partial charge in [-0.15, -0.1) is 0 Å². The summed E-state index contributed by atoms with van der Waals surface area (Å²) >= 11 is 0. The number of carbonyl (C=O) groups is 1. The molecule has 1 heterocycles. The highest BCUT2D eigenvalue weighted by Crippen LogP contribution is 2.17. The van der Waals surface area contributed by atoms with E-state index in [1.807, 2.05) is 12.1 Å². The van der Waals surface area contributed by atoms with E-state index in [1.165, 1.54) is 7.11 Å². The smallest absolute Gasteiger partial charge is 0.337 e. The molecule has 15 heavy (non-hydrogen) atoms. The van der Waals surface area contributed by atoms with Crippen LogP contribution in [0.5, 0.6) is 0 Å². The molecule has 0 aliphatic heterocycles. The maximum atomic E-state index is 11.3. The average Bonchev–Trinajstić information content (AvgIpc) is 2.82. The van der Waals surface area contributed by atoms with E-state index in [0.717, 1.165) is 11.3 Å². The second kappa shape index (κ2) is 3.96. The van der Waals surface area contributed by atoms with Crippen LogP contribution in [0.3, 0.4) is 0 Å². The third kappa shape index (κ3) is 1.88. The molecular formula is C11H10N2O2. The van der Waals surface area contributed by atoms with Crippen LogP contribution in [0, 0.1) is 0 Å². The van der Waals surface area contributed by atoms with E-state index in [-0.39, 0.29) is 5.97 Å². The summed E-state index contributed by atoms with van der Waals surface area (Å²) in [6.07, 6.45) is 1.74. The van der Waals surface area contributed by atoms with Gasteiger partial charge in [0.2, 0.25) is 0 Å². The molecule has 0 bridgehead atoms. The van der Waals surface area contributed by atoms with Crippen molar-refractivity contribution < 1.29 is 9.53 Å². The SMILES string of the molecule is COC(=O)c1cccc(-c2cc[nH]n2)c1. The van der Waals surface area contributed by atoms with Crippen LogP contribution in [0.1, 0.15) is 10.4 Å². The number of methoxy groups -OCH3 is 1. The fraction of sp³-hybridized carbons (Fsp3) is 0.0909. The minimum absolute atomic E-state index is 0.340. The van der Waals surface area contributed by atoms with E-state index in [1.54, 1.807) is 24.4 Å². The van der Waals surface area contributed by atoms with Crippen molar-refractivity contribution >= 4 is 5.97 Å². The molecule has 1 N–H and O–H groups in total. The topological polar surface area (TPSA) is 55.0 Å². The summed E-state index contributed by atoms with van der Waals surface area (Å²) in [6.45, 7) is 0. The van der Waals surface area contributed by atoms with Crippen LogP contribution >= 0.6 is 0 Å². The Balaban J connectivity index is 2.39. The number of H-pyrrole nitrogens is 1. The molecular weight excluding hydrogens is 192 g/mol. The van der Waals surface area contributed by atoms with Crippen LogP contribution in [0.4, 0.5) is 0 Å². The number of benzene rings is 1. The van der Waals surface area contributed by atoms with Gasteiger partial charge in [0.05, 0.1) is 18.4 Å². The summed E-state index contributed by atoms with van der Waals surface area (Å²) in [5.41, 5.74) is 2.22. The molecule has 4 heteroatoms. The molecule has 4 nitrogen and oxygen atoms in total. The Hall–Kier alpha value is -2.10. The van der Waals surface area contributed by atoms with Gasteiger partial charge >= 0.3 is 5.97 Å². The molecule has 0 fully saturated rings. The summed E-state index contributed by atoms with van der Waals surface area (Å²) in [5.74, 6) is -0.340. The van der Waals surface area contributed by atoms with Crippen LogP contribution < -0.4 is 0 Å². The van der Waals surface area contributed by atoms with Gasteiger partial charge in [0.15, 0.2) is 0 Å². The Labute approximate surface area is 86.9 Å². The highest BCUT2D eigenvalue weighted by Gasteiger charge is 2.07. The first-order valence-corrected chi connectivity index (χ1v) is 4.50. The molecule has 1 aromatic heterocycles. The molecule has 1 aromatic carbocycles. The summed E-state index contributed by atoms with van der Waals surface area (Å²) in [6, 6.07) is 9.00. The lowest BCUT2D eigenvalue weighted by atomic mass is 10.1. The molecule has 2 rings (SSSR count). The lowest BCUT2D eigenvalue weighted by Gasteiger charge is -2.01. The Bertz CT molecular complexity index is 463. The summed E-state index contributed by atoms with van der Waals surface area (Å²) < 4.78 is 4.64. The van der Waals surface area contributed by atoms with E-state index >= 15 is 0 Å². The van der Waals surface area contributed by atoms with Gasteiger partial charge in [0.1, 0.15) is 0 Å². The van der Waals surface area contributed by atoms with Crippen molar-refractivity contribution in [2.45, 2.75) is 0 Å². The Kier molecular flexibility index (Phi) is 2.49. The van der Waals surface area contributed by atoms with Crippen molar-refractivity contribution in [2.75, 3.05) is 7.11 Å². The highest BCUT2D eigenvalue weighted by molar-refractivity contribution is 5.90. The van der Waals surface area contributed by atoms with Gasteiger partial charge in [-0.1, -0.05) is 12.1 Å². The monoisotopic (exact) mass is 202 g/mol. The van der Waals surface area contributed by atoms with Gasteiger partial charge < -0.3 is 4.74 Å². The van der Waals surface area contributed by atoms with Crippen LogP contribution in [-0.2, 0) is 4.74 Å². The second-order valence-corrected chi connectivity index (χ2v) is 3.03. The van der Waals surface area contributed by atoms with Crippen molar-refractivity contribution in [3.05, 3.63) is 42.1 Å². The maximum Gasteiger partial charge on any atom is 0.337 e. The third-order valence-corrected chi connectivity index (χ3v) is 2.08. The van der Waals surface area contributed by atoms with Gasteiger partial charge in [0, 0.05) is 11.8 Å². The van der Waals surface area contributed by atoms with Gasteiger partial charge in [0.25, 0.3) is 0 Å². The van der Waals surface area contributed by atoms with E-state index in [2.05, 4.69) is 14.9 Å². The van der Waals surface area contributed by atoms with Crippen molar-refractivity contribution in [2.24, 2.45) is 0 Å². The number of nitrogens with zero attached hydrogens (tertiary/aromatic N) is 1. The standard InChI is InChI=1S/C11H10N2O2/c1-15-11(14)9-4-2-3-8(7-9)10-5-6-12-13-10/h2-7H,1H3,(H,12,13). The molecule has 0 aliphatic carbocycles. The third-order valence-electron chi connectivity index (χ3n) is 2.08. The molecule has 0 atom stereocenters. The molecule has 2 aromatic rings. The van der Waals surface area contributed by atoms with Gasteiger partial charge in [-0.25, -0.2) is 4.79 Å². The quantitative estimate of drug-likeness (QED) is 0.756. The van der Waals surface area contributed by atoms with E-state index in [0.29, 0.717) is 5.56 Å². The molecule has 0 unspecified atom stereocenters. The van der Waals surface area contributed by atoms with Crippen molar-refractivity contribution in [3.8, 4) is 11.3 Å². The van der Waals surface area contributed by atoms with Gasteiger partial charge in [-0.05, 0) is 18.2 Å². The predicted octanol–water partition coefficient (Wildman–Crippen LogP) is 1.86. The van der Waals surface area contributed by atoms with Crippen LogP contribution in [0.15, 0.2) is 36.5 Å². The second-order valence-electron chi connectivity index (χ2n) is 3.03. The van der Waals surface area contributed by atoms with Crippen LogP contribution in [-0.4, -0.2) is 23.3 Å². The number of aromatic nitrogens is 2. The first-order chi connectivity index (χ1) is 7.31. The minimum Gasteiger partial charge on any atom is -0.465 e. The van der Waals surface area contributed by atoms with E-state index in [9.17, 15) is 4.79 Å². The van der Waals surface area contributed by atoms with Crippen LogP contribution in [0.25, 0.3) is 11.3 Å². The lowest BCUT2D eigenvalue weighted by molar-refractivity contribution is 0.0601. The van der Waals surface area contributed by atoms with Gasteiger partial charge in [-0.3, -0.25) is 5.10 Å². The molecule has 0 amide bonds. The highest BCUT2D eigenvalue weighted by atomic mass is 16.5. The predicted molar refractivity (Wildman–Crippen MR) is 55.4 cm³/mol. The summed E-state index contributed by atoms with van der Waals surface area (Å²) in [7, 11) is 1.36. The lowest BCUT2D eigenvalue weighted by Crippen LogP contribution is -2.00. The number of hydrogen-bond acceptors (Lipinski definition) is 3. The summed E-state index contributed by atoms with van der Waals surface area (Å²) in [5, 5.41) is 6.76. The zero-order chi connectivity index (χ0) is 10.7. The molecule has 76 valence electrons. The number of carbonyl (C=O) groups excluding carboxylic acids is 1. The normalized spacial score (nSPS) is 9.93. The largest absolute Gasteiger partial charge is 0.465 e. The number of nitrogens with one attached hydrogen (secondary N) is 1. The average molecular weight is 202 g/mol.